The summed E-state index contributed by atoms with van der Waals surface area (Å²) in [4.78, 5) is 14.4. The van der Waals surface area contributed by atoms with Crippen molar-refractivity contribution in [2.75, 3.05) is 0 Å². The molecule has 8 heteroatoms. The quantitative estimate of drug-likeness (QED) is 0.0278. The second-order valence-electron chi connectivity index (χ2n) is 25.9. The molecule has 10 aromatic rings. The van der Waals surface area contributed by atoms with Gasteiger partial charge in [0.25, 0.3) is 0 Å². The average molecular weight is 1370 g/mol. The summed E-state index contributed by atoms with van der Waals surface area (Å²) in [6.45, 7) is 13.9. The first kappa shape index (κ1) is 70.6. The fraction of sp³-hybridized carbons (Fsp3) is 0.429. The minimum atomic E-state index is 1.13. The van der Waals surface area contributed by atoms with Crippen molar-refractivity contribution in [2.24, 2.45) is 0 Å². The van der Waals surface area contributed by atoms with Gasteiger partial charge in [0.1, 0.15) is 0 Å². The summed E-state index contributed by atoms with van der Waals surface area (Å²) in [6.07, 6.45) is 37.5. The number of hydrogen-bond acceptors (Lipinski definition) is 8. The summed E-state index contributed by atoms with van der Waals surface area (Å²) in [6, 6.07) is 52.7. The normalized spacial score (nSPS) is 11.7. The molecule has 0 bridgehead atoms. The van der Waals surface area contributed by atoms with Crippen LogP contribution in [-0.2, 0) is 38.5 Å². The van der Waals surface area contributed by atoms with Crippen LogP contribution in [-0.4, -0.2) is 0 Å². The van der Waals surface area contributed by atoms with Crippen LogP contribution in [0.4, 0.5) is 0 Å². The van der Waals surface area contributed by atoms with Crippen molar-refractivity contribution >= 4 is 93.3 Å². The average Bonchev–Trinajstić information content (AvgIpc) is 1.72. The largest absolute Gasteiger partial charge is 0.134 e. The lowest BCUT2D eigenvalue weighted by Crippen LogP contribution is -1.89. The number of thiophene rings is 6. The van der Waals surface area contributed by atoms with E-state index >= 15 is 0 Å². The molecule has 0 aliphatic heterocycles. The summed E-state index contributed by atoms with van der Waals surface area (Å²) in [5, 5.41) is 0. The van der Waals surface area contributed by atoms with Gasteiger partial charge >= 0.3 is 0 Å². The fourth-order valence-corrected chi connectivity index (χ4v) is 21.4. The van der Waals surface area contributed by atoms with E-state index in [1.807, 2.05) is 68.0 Å². The molecule has 0 saturated heterocycles. The van der Waals surface area contributed by atoms with Crippen LogP contribution in [0.3, 0.4) is 0 Å². The summed E-state index contributed by atoms with van der Waals surface area (Å²) >= 11 is 21.6. The van der Waals surface area contributed by atoms with Crippen molar-refractivity contribution in [2.45, 2.75) is 243 Å². The van der Waals surface area contributed by atoms with Gasteiger partial charge in [-0.1, -0.05) is 254 Å². The highest BCUT2D eigenvalue weighted by atomic mass is 32.2. The highest BCUT2D eigenvalue weighted by Crippen LogP contribution is 2.50. The van der Waals surface area contributed by atoms with Gasteiger partial charge in [-0.3, -0.25) is 0 Å². The zero-order valence-corrected chi connectivity index (χ0v) is 62.9. The van der Waals surface area contributed by atoms with Gasteiger partial charge in [0.05, 0.1) is 8.42 Å². The Hall–Kier alpha value is -4.22. The number of thiol groups is 2. The van der Waals surface area contributed by atoms with Gasteiger partial charge in [-0.15, -0.1) is 93.3 Å². The lowest BCUT2D eigenvalue weighted by atomic mass is 9.99. The van der Waals surface area contributed by atoms with Gasteiger partial charge in [-0.2, -0.15) is 0 Å². The second-order valence-corrected chi connectivity index (χ2v) is 33.8. The minimum Gasteiger partial charge on any atom is -0.134 e. The highest BCUT2D eigenvalue weighted by Gasteiger charge is 2.23. The van der Waals surface area contributed by atoms with E-state index in [1.165, 1.54) is 281 Å². The molecule has 0 fully saturated rings. The van der Waals surface area contributed by atoms with E-state index in [0.717, 1.165) is 46.9 Å². The molecule has 6 aromatic heterocycles. The molecule has 10 rings (SSSR count). The number of hydrogen-bond donors (Lipinski definition) is 2. The van der Waals surface area contributed by atoms with Crippen LogP contribution in [0.25, 0.3) is 93.3 Å². The molecule has 0 unspecified atom stereocenters. The van der Waals surface area contributed by atoms with Crippen molar-refractivity contribution in [1.82, 2.24) is 0 Å². The van der Waals surface area contributed by atoms with Crippen LogP contribution in [0.5, 0.6) is 0 Å². The first-order valence-corrected chi connectivity index (χ1v) is 41.6. The van der Waals surface area contributed by atoms with Crippen LogP contribution in [0.15, 0.2) is 142 Å². The zero-order chi connectivity index (χ0) is 64.0. The molecule has 6 heterocycles. The Bertz CT molecular complexity index is 3540. The third-order valence-electron chi connectivity index (χ3n) is 18.6. The molecule has 0 N–H and O–H groups in total. The molecule has 0 atom stereocenters. The maximum atomic E-state index is 4.91. The van der Waals surface area contributed by atoms with Gasteiger partial charge < -0.3 is 0 Å². The molecule has 0 amide bonds. The van der Waals surface area contributed by atoms with Gasteiger partial charge in [0.2, 0.25) is 0 Å². The Morgan fingerprint density at radius 1 is 0.207 bits per heavy atom. The third kappa shape index (κ3) is 19.1. The maximum Gasteiger partial charge on any atom is 0.0577 e. The monoisotopic (exact) mass is 1370 g/mol. The molecule has 0 saturated carbocycles. The van der Waals surface area contributed by atoms with E-state index < -0.39 is 0 Å². The van der Waals surface area contributed by atoms with Crippen LogP contribution in [0, 0.1) is 0 Å². The number of rotatable bonds is 39. The third-order valence-corrected chi connectivity index (χ3v) is 26.8. The Labute approximate surface area is 590 Å². The van der Waals surface area contributed by atoms with Crippen LogP contribution in [0.2, 0.25) is 0 Å². The standard InChI is InChI=1S/C84H102S8/c1-7-13-19-25-31-67-53-73(63-45-37-59(38-46-63)61-41-49-65(50-42-61)75-55-69(33-27-21-15-9-3)81(89-75)83-71(57-77(85)91-83)35-29-23-17-11-5)87-79(67)80-68(32-26-20-14-8-2)54-74(88-80)64-47-39-60(40-48-64)62-43-51-66(52-44-62)76-56-70(34-28-22-16-10-4)82(90-76)84-72(58-78(86)92-84)36-30-24-18-12-6/h37-58,85-86H,7-36H2,1-6H3. The van der Waals surface area contributed by atoms with Crippen molar-refractivity contribution in [3.63, 3.8) is 0 Å². The topological polar surface area (TPSA) is 0 Å². The molecular formula is C84H102S8. The van der Waals surface area contributed by atoms with Crippen LogP contribution >= 0.6 is 93.3 Å². The Kier molecular flexibility index (Phi) is 28.2. The molecule has 4 aromatic carbocycles. The van der Waals surface area contributed by atoms with E-state index in [-0.39, 0.29) is 0 Å². The maximum absolute atomic E-state index is 4.91. The lowest BCUT2D eigenvalue weighted by Gasteiger charge is -2.06. The summed E-state index contributed by atoms with van der Waals surface area (Å²) in [7, 11) is 0. The highest BCUT2D eigenvalue weighted by molar-refractivity contribution is 7.83. The smallest absolute Gasteiger partial charge is 0.0577 e. The van der Waals surface area contributed by atoms with E-state index in [1.54, 1.807) is 0 Å². The van der Waals surface area contributed by atoms with E-state index in [0.29, 0.717) is 0 Å². The summed E-state index contributed by atoms with van der Waals surface area (Å²) < 4.78 is 2.28. The SMILES string of the molecule is CCCCCCc1cc(S)sc1-c1sc(-c2ccc(-c3ccc(-c4cc(CCCCCC)c(-c5sc(-c6ccc(-c7ccc(-c8cc(CCCCCC)c(-c9sc(S)cc9CCCCCC)s8)cc7)cc6)cc5CCCCCC)s4)cc3)cc2)cc1CCCCCC. The van der Waals surface area contributed by atoms with Gasteiger partial charge in [0, 0.05) is 48.8 Å². The van der Waals surface area contributed by atoms with Crippen LogP contribution in [0.1, 0.15) is 229 Å². The molecule has 486 valence electrons. The molecular weight excluding hydrogens is 1270 g/mol. The number of unbranched alkanes of at least 4 members (excludes halogenated alkanes) is 18. The zero-order valence-electron chi connectivity index (χ0n) is 56.3. The van der Waals surface area contributed by atoms with E-state index in [2.05, 4.69) is 175 Å². The minimum absolute atomic E-state index is 1.13. The van der Waals surface area contributed by atoms with Crippen molar-refractivity contribution in [1.29, 1.82) is 0 Å². The molecule has 0 aliphatic carbocycles. The van der Waals surface area contributed by atoms with Crippen molar-refractivity contribution < 1.29 is 0 Å². The first-order valence-electron chi connectivity index (χ1n) is 35.8. The number of aryl methyl sites for hydroxylation is 6. The lowest BCUT2D eigenvalue weighted by molar-refractivity contribution is 0.666. The predicted octanol–water partition coefficient (Wildman–Crippen LogP) is 30.4. The molecule has 0 spiro atoms. The van der Waals surface area contributed by atoms with Gasteiger partial charge in [0.15, 0.2) is 0 Å². The fourth-order valence-electron chi connectivity index (χ4n) is 13.1. The first-order chi connectivity index (χ1) is 45.2. The van der Waals surface area contributed by atoms with E-state index in [4.69, 9.17) is 25.3 Å². The second kappa shape index (κ2) is 36.8. The molecule has 0 radical (unpaired) electrons. The Morgan fingerprint density at radius 2 is 0.380 bits per heavy atom. The summed E-state index contributed by atoms with van der Waals surface area (Å²) in [5.74, 6) is 0. The Morgan fingerprint density at radius 3 is 0.576 bits per heavy atom. The van der Waals surface area contributed by atoms with Crippen molar-refractivity contribution in [3.05, 3.63) is 167 Å². The molecule has 0 nitrogen and oxygen atoms in total. The Balaban J connectivity index is 0.880. The van der Waals surface area contributed by atoms with Crippen molar-refractivity contribution in [3.8, 4) is 93.3 Å². The van der Waals surface area contributed by atoms with Crippen LogP contribution < -0.4 is 0 Å². The number of benzene rings is 4. The predicted molar refractivity (Wildman–Crippen MR) is 424 cm³/mol. The molecule has 0 aliphatic rings. The summed E-state index contributed by atoms with van der Waals surface area (Å²) in [5.41, 5.74) is 19.4. The van der Waals surface area contributed by atoms with Gasteiger partial charge in [-0.05, 0) is 191 Å². The molecule has 92 heavy (non-hydrogen) atoms. The van der Waals surface area contributed by atoms with E-state index in [9.17, 15) is 0 Å². The van der Waals surface area contributed by atoms with Gasteiger partial charge in [-0.25, -0.2) is 0 Å².